The summed E-state index contributed by atoms with van der Waals surface area (Å²) >= 11 is 11.7. The van der Waals surface area contributed by atoms with E-state index in [2.05, 4.69) is 10.5 Å². The molecule has 20 heavy (non-hydrogen) atoms. The quantitative estimate of drug-likeness (QED) is 0.674. The minimum absolute atomic E-state index is 0.292. The second-order valence-corrected chi connectivity index (χ2v) is 5.08. The first-order valence-corrected chi connectivity index (χ1v) is 6.67. The smallest absolute Gasteiger partial charge is 0.267 e. The molecule has 0 atom stereocenters. The third-order valence-corrected chi connectivity index (χ3v) is 3.15. The molecule has 2 aromatic carbocycles. The molecular weight excluding hydrogens is 295 g/mol. The SMILES string of the molecule is Cc1cccc(/C=N\NC(=O)c2ccc(Cl)cc2Cl)c1. The van der Waals surface area contributed by atoms with Crippen molar-refractivity contribution in [3.05, 3.63) is 69.2 Å². The molecule has 0 saturated carbocycles. The molecule has 2 aromatic rings. The van der Waals surface area contributed by atoms with E-state index in [0.717, 1.165) is 11.1 Å². The Kier molecular flexibility index (Phi) is 4.77. The summed E-state index contributed by atoms with van der Waals surface area (Å²) in [5, 5.41) is 4.68. The Morgan fingerprint density at radius 1 is 1.20 bits per heavy atom. The van der Waals surface area contributed by atoms with E-state index in [4.69, 9.17) is 23.2 Å². The number of carbonyl (C=O) groups is 1. The number of nitrogens with zero attached hydrogens (tertiary/aromatic N) is 1. The summed E-state index contributed by atoms with van der Waals surface area (Å²) in [6.45, 7) is 1.99. The van der Waals surface area contributed by atoms with Crippen LogP contribution in [0.3, 0.4) is 0 Å². The molecule has 0 aliphatic carbocycles. The topological polar surface area (TPSA) is 41.5 Å². The zero-order valence-electron chi connectivity index (χ0n) is 10.7. The largest absolute Gasteiger partial charge is 0.272 e. The van der Waals surface area contributed by atoms with Gasteiger partial charge in [-0.3, -0.25) is 4.79 Å². The number of halogens is 2. The lowest BCUT2D eigenvalue weighted by Crippen LogP contribution is -2.18. The van der Waals surface area contributed by atoms with Crippen LogP contribution in [0.15, 0.2) is 47.6 Å². The Balaban J connectivity index is 2.05. The van der Waals surface area contributed by atoms with E-state index >= 15 is 0 Å². The monoisotopic (exact) mass is 306 g/mol. The lowest BCUT2D eigenvalue weighted by molar-refractivity contribution is 0.0955. The Morgan fingerprint density at radius 3 is 2.70 bits per heavy atom. The molecule has 2 rings (SSSR count). The number of amides is 1. The highest BCUT2D eigenvalue weighted by Gasteiger charge is 2.09. The Morgan fingerprint density at radius 2 is 2.00 bits per heavy atom. The molecule has 0 saturated heterocycles. The van der Waals surface area contributed by atoms with Crippen molar-refractivity contribution >= 4 is 35.3 Å². The summed E-state index contributed by atoms with van der Waals surface area (Å²) < 4.78 is 0. The van der Waals surface area contributed by atoms with Crippen molar-refractivity contribution in [3.63, 3.8) is 0 Å². The van der Waals surface area contributed by atoms with Gasteiger partial charge >= 0.3 is 0 Å². The molecule has 0 aliphatic heterocycles. The van der Waals surface area contributed by atoms with E-state index in [-0.39, 0.29) is 5.91 Å². The number of benzene rings is 2. The summed E-state index contributed by atoms with van der Waals surface area (Å²) in [7, 11) is 0. The van der Waals surface area contributed by atoms with Crippen LogP contribution in [0, 0.1) is 6.92 Å². The number of nitrogens with one attached hydrogen (secondary N) is 1. The molecule has 0 heterocycles. The van der Waals surface area contributed by atoms with Gasteiger partial charge in [-0.25, -0.2) is 5.43 Å². The molecule has 0 radical (unpaired) electrons. The number of hydrazone groups is 1. The zero-order chi connectivity index (χ0) is 14.5. The van der Waals surface area contributed by atoms with Crippen LogP contribution in [0.5, 0.6) is 0 Å². The highest BCUT2D eigenvalue weighted by atomic mass is 35.5. The first-order valence-electron chi connectivity index (χ1n) is 5.91. The first-order chi connectivity index (χ1) is 9.56. The van der Waals surface area contributed by atoms with Crippen LogP contribution in [-0.2, 0) is 0 Å². The van der Waals surface area contributed by atoms with Crippen LogP contribution >= 0.6 is 23.2 Å². The summed E-state index contributed by atoms with van der Waals surface area (Å²) in [5.74, 6) is -0.379. The van der Waals surface area contributed by atoms with E-state index < -0.39 is 0 Å². The van der Waals surface area contributed by atoms with Crippen LogP contribution in [0.4, 0.5) is 0 Å². The average Bonchev–Trinajstić information content (AvgIpc) is 2.38. The van der Waals surface area contributed by atoms with Gasteiger partial charge in [0.1, 0.15) is 0 Å². The van der Waals surface area contributed by atoms with Crippen LogP contribution < -0.4 is 5.43 Å². The number of carbonyl (C=O) groups excluding carboxylic acids is 1. The highest BCUT2D eigenvalue weighted by molar-refractivity contribution is 6.36. The summed E-state index contributed by atoms with van der Waals surface area (Å²) in [5.41, 5.74) is 4.80. The van der Waals surface area contributed by atoms with Crippen molar-refractivity contribution in [3.8, 4) is 0 Å². The maximum atomic E-state index is 11.9. The Hall–Kier alpha value is -1.84. The molecule has 0 spiro atoms. The van der Waals surface area contributed by atoms with Crippen molar-refractivity contribution in [1.29, 1.82) is 0 Å². The van der Waals surface area contributed by atoms with E-state index in [1.165, 1.54) is 6.07 Å². The molecule has 0 fully saturated rings. The normalized spacial score (nSPS) is 10.8. The molecule has 0 aliphatic rings. The molecule has 0 aromatic heterocycles. The molecule has 0 bridgehead atoms. The van der Waals surface area contributed by atoms with E-state index in [9.17, 15) is 4.79 Å². The lowest BCUT2D eigenvalue weighted by Gasteiger charge is -2.02. The van der Waals surface area contributed by atoms with E-state index in [0.29, 0.717) is 15.6 Å². The molecule has 102 valence electrons. The average molecular weight is 307 g/mol. The van der Waals surface area contributed by atoms with E-state index in [1.54, 1.807) is 18.3 Å². The summed E-state index contributed by atoms with van der Waals surface area (Å²) in [6.07, 6.45) is 1.58. The van der Waals surface area contributed by atoms with Crippen LogP contribution in [-0.4, -0.2) is 12.1 Å². The minimum atomic E-state index is -0.379. The van der Waals surface area contributed by atoms with Gasteiger partial charge in [0.05, 0.1) is 16.8 Å². The Bertz CT molecular complexity index is 669. The van der Waals surface area contributed by atoms with Crippen LogP contribution in [0.2, 0.25) is 10.0 Å². The highest BCUT2D eigenvalue weighted by Crippen LogP contribution is 2.20. The second-order valence-electron chi connectivity index (χ2n) is 4.24. The minimum Gasteiger partial charge on any atom is -0.267 e. The van der Waals surface area contributed by atoms with E-state index in [1.807, 2.05) is 31.2 Å². The van der Waals surface area contributed by atoms with Crippen molar-refractivity contribution in [2.24, 2.45) is 5.10 Å². The third-order valence-electron chi connectivity index (χ3n) is 2.60. The standard InChI is InChI=1S/C15H12Cl2N2O/c1-10-3-2-4-11(7-10)9-18-19-15(20)13-6-5-12(16)8-14(13)17/h2-9H,1H3,(H,19,20)/b18-9-. The fourth-order valence-corrected chi connectivity index (χ4v) is 2.14. The predicted molar refractivity (Wildman–Crippen MR) is 82.7 cm³/mol. The third kappa shape index (κ3) is 3.83. The molecule has 3 nitrogen and oxygen atoms in total. The molecular formula is C15H12Cl2N2O. The van der Waals surface area contributed by atoms with Crippen molar-refractivity contribution in [2.45, 2.75) is 6.92 Å². The first kappa shape index (κ1) is 14.6. The molecule has 0 unspecified atom stereocenters. The molecule has 1 amide bonds. The fourth-order valence-electron chi connectivity index (χ4n) is 1.65. The summed E-state index contributed by atoms with van der Waals surface area (Å²) in [4.78, 5) is 11.9. The van der Waals surface area contributed by atoms with Crippen LogP contribution in [0.25, 0.3) is 0 Å². The van der Waals surface area contributed by atoms with Crippen molar-refractivity contribution in [1.82, 2.24) is 5.43 Å². The molecule has 1 N–H and O–H groups in total. The van der Waals surface area contributed by atoms with Crippen LogP contribution in [0.1, 0.15) is 21.5 Å². The zero-order valence-corrected chi connectivity index (χ0v) is 12.2. The van der Waals surface area contributed by atoms with Crippen molar-refractivity contribution < 1.29 is 4.79 Å². The van der Waals surface area contributed by atoms with Gasteiger partial charge in [0.25, 0.3) is 5.91 Å². The fraction of sp³-hybridized carbons (Fsp3) is 0.0667. The maximum absolute atomic E-state index is 11.9. The van der Waals surface area contributed by atoms with Gasteiger partial charge in [-0.15, -0.1) is 0 Å². The van der Waals surface area contributed by atoms with Crippen molar-refractivity contribution in [2.75, 3.05) is 0 Å². The second kappa shape index (κ2) is 6.55. The number of aryl methyl sites for hydroxylation is 1. The van der Waals surface area contributed by atoms with Gasteiger partial charge in [0.2, 0.25) is 0 Å². The van der Waals surface area contributed by atoms with Gasteiger partial charge in [-0.2, -0.15) is 5.10 Å². The van der Waals surface area contributed by atoms with Gasteiger partial charge in [-0.1, -0.05) is 53.0 Å². The summed E-state index contributed by atoms with van der Waals surface area (Å²) in [6, 6.07) is 12.5. The van der Waals surface area contributed by atoms with Gasteiger partial charge in [0, 0.05) is 5.02 Å². The van der Waals surface area contributed by atoms with Gasteiger partial charge in [-0.05, 0) is 30.7 Å². The maximum Gasteiger partial charge on any atom is 0.272 e. The van der Waals surface area contributed by atoms with Gasteiger partial charge in [0.15, 0.2) is 0 Å². The number of rotatable bonds is 3. The Labute approximate surface area is 127 Å². The predicted octanol–water partition coefficient (Wildman–Crippen LogP) is 4.07. The van der Waals surface area contributed by atoms with Gasteiger partial charge < -0.3 is 0 Å². The lowest BCUT2D eigenvalue weighted by atomic mass is 10.2. The molecule has 5 heteroatoms. The number of hydrogen-bond acceptors (Lipinski definition) is 2. The number of hydrogen-bond donors (Lipinski definition) is 1.